The van der Waals surface area contributed by atoms with Crippen LogP contribution in [0.2, 0.25) is 0 Å². The van der Waals surface area contributed by atoms with Crippen molar-refractivity contribution < 1.29 is 4.79 Å². The van der Waals surface area contributed by atoms with Crippen LogP contribution in [-0.2, 0) is 4.79 Å². The predicted octanol–water partition coefficient (Wildman–Crippen LogP) is 2.21. The van der Waals surface area contributed by atoms with Gasteiger partial charge in [-0.25, -0.2) is 15.0 Å². The highest BCUT2D eigenvalue weighted by Crippen LogP contribution is 2.28. The zero-order chi connectivity index (χ0) is 17.1. The number of aromatic nitrogens is 4. The number of hydrogen-bond acceptors (Lipinski definition) is 6. The van der Waals surface area contributed by atoms with E-state index in [1.807, 2.05) is 17.9 Å². The number of likely N-dealkylation sites (tertiary alicyclic amines) is 1. The second kappa shape index (κ2) is 6.74. The van der Waals surface area contributed by atoms with E-state index in [0.29, 0.717) is 29.6 Å². The molecular formula is C17H20N6O. The first-order chi connectivity index (χ1) is 11.5. The Bertz CT molecular complexity index is 761. The van der Waals surface area contributed by atoms with Crippen molar-refractivity contribution in [3.8, 4) is 0 Å². The molecule has 0 bridgehead atoms. The van der Waals surface area contributed by atoms with Crippen molar-refractivity contribution in [1.82, 2.24) is 24.8 Å². The van der Waals surface area contributed by atoms with Gasteiger partial charge in [-0.3, -0.25) is 9.78 Å². The van der Waals surface area contributed by atoms with Crippen molar-refractivity contribution in [2.24, 2.45) is 0 Å². The summed E-state index contributed by atoms with van der Waals surface area (Å²) in [4.78, 5) is 31.1. The fourth-order valence-electron chi connectivity index (χ4n) is 2.81. The molecule has 3 rings (SSSR count). The van der Waals surface area contributed by atoms with Crippen LogP contribution in [0, 0.1) is 6.92 Å². The Balaban J connectivity index is 1.77. The third-order valence-corrected chi connectivity index (χ3v) is 3.94. The Morgan fingerprint density at radius 3 is 2.88 bits per heavy atom. The average molecular weight is 324 g/mol. The molecule has 1 saturated heterocycles. The fourth-order valence-corrected chi connectivity index (χ4v) is 2.81. The average Bonchev–Trinajstić information content (AvgIpc) is 3.04. The predicted molar refractivity (Wildman–Crippen MR) is 90.8 cm³/mol. The molecule has 1 aliphatic rings. The molecule has 1 N–H and O–H groups in total. The van der Waals surface area contributed by atoms with Crippen molar-refractivity contribution in [2.45, 2.75) is 26.2 Å². The molecule has 1 unspecified atom stereocenters. The number of amides is 1. The lowest BCUT2D eigenvalue weighted by Gasteiger charge is -2.16. The molecule has 0 aromatic carbocycles. The van der Waals surface area contributed by atoms with Crippen molar-refractivity contribution in [2.75, 3.05) is 18.4 Å². The summed E-state index contributed by atoms with van der Waals surface area (Å²) in [5.41, 5.74) is 1.51. The van der Waals surface area contributed by atoms with Crippen LogP contribution in [0.5, 0.6) is 0 Å². The maximum atomic E-state index is 12.1. The van der Waals surface area contributed by atoms with Gasteiger partial charge in [0, 0.05) is 43.0 Å². The summed E-state index contributed by atoms with van der Waals surface area (Å²) in [5, 5.41) is 3.14. The van der Waals surface area contributed by atoms with E-state index >= 15 is 0 Å². The zero-order valence-corrected chi connectivity index (χ0v) is 13.9. The van der Waals surface area contributed by atoms with E-state index in [-0.39, 0.29) is 11.8 Å². The van der Waals surface area contributed by atoms with Gasteiger partial charge in [0.25, 0.3) is 0 Å². The van der Waals surface area contributed by atoms with Crippen LogP contribution in [0.1, 0.15) is 30.8 Å². The van der Waals surface area contributed by atoms with Gasteiger partial charge >= 0.3 is 0 Å². The zero-order valence-electron chi connectivity index (χ0n) is 13.9. The van der Waals surface area contributed by atoms with Gasteiger partial charge in [-0.05, 0) is 20.3 Å². The van der Waals surface area contributed by atoms with E-state index in [0.717, 1.165) is 18.7 Å². The summed E-state index contributed by atoms with van der Waals surface area (Å²) in [6.07, 6.45) is 5.77. The first kappa shape index (κ1) is 16.0. The Morgan fingerprint density at radius 2 is 2.17 bits per heavy atom. The molecule has 2 aromatic heterocycles. The van der Waals surface area contributed by atoms with Crippen molar-refractivity contribution in [3.05, 3.63) is 48.3 Å². The molecule has 0 aliphatic carbocycles. The second-order valence-electron chi connectivity index (χ2n) is 5.96. The quantitative estimate of drug-likeness (QED) is 0.868. The minimum absolute atomic E-state index is 0.0150. The molecule has 1 aliphatic heterocycles. The number of nitrogens with one attached hydrogen (secondary N) is 1. The lowest BCUT2D eigenvalue weighted by Crippen LogP contribution is -2.28. The number of rotatable bonds is 4. The molecule has 0 radical (unpaired) electrons. The number of nitrogens with zero attached hydrogens (tertiary/aromatic N) is 5. The van der Waals surface area contributed by atoms with Gasteiger partial charge in [0.05, 0.1) is 11.9 Å². The van der Waals surface area contributed by atoms with Gasteiger partial charge in [0.15, 0.2) is 0 Å². The lowest BCUT2D eigenvalue weighted by molar-refractivity contribution is -0.126. The molecule has 0 spiro atoms. The molecule has 1 fully saturated rings. The molecule has 3 heterocycles. The maximum absolute atomic E-state index is 12.1. The Kier molecular flexibility index (Phi) is 4.50. The Morgan fingerprint density at radius 1 is 1.33 bits per heavy atom. The molecular weight excluding hydrogens is 304 g/mol. The summed E-state index contributed by atoms with van der Waals surface area (Å²) in [7, 11) is 0. The minimum Gasteiger partial charge on any atom is -0.338 e. The molecule has 124 valence electrons. The highest BCUT2D eigenvalue weighted by Gasteiger charge is 2.28. The third-order valence-electron chi connectivity index (χ3n) is 3.94. The van der Waals surface area contributed by atoms with E-state index < -0.39 is 0 Å². The molecule has 0 saturated carbocycles. The summed E-state index contributed by atoms with van der Waals surface area (Å²) >= 11 is 0. The summed E-state index contributed by atoms with van der Waals surface area (Å²) in [6, 6.07) is 1.92. The van der Waals surface area contributed by atoms with E-state index in [1.165, 1.54) is 0 Å². The first-order valence-corrected chi connectivity index (χ1v) is 7.86. The third kappa shape index (κ3) is 3.56. The van der Waals surface area contributed by atoms with E-state index in [1.54, 1.807) is 25.5 Å². The molecule has 7 nitrogen and oxygen atoms in total. The largest absolute Gasteiger partial charge is 0.338 e. The standard InChI is InChI=1S/C17H20N6O/c1-11(2)17(24)23-7-4-13(10-23)14-8-15(21-12(3)20-14)22-16-9-18-5-6-19-16/h5-6,8-9,13H,1,4,7,10H2,2-3H3,(H,19,20,21,22). The first-order valence-electron chi connectivity index (χ1n) is 7.86. The Labute approximate surface area is 140 Å². The summed E-state index contributed by atoms with van der Waals surface area (Å²) in [6.45, 7) is 8.72. The monoisotopic (exact) mass is 324 g/mol. The van der Waals surface area contributed by atoms with Gasteiger partial charge in [-0.1, -0.05) is 6.58 Å². The number of hydrogen-bond donors (Lipinski definition) is 1. The smallest absolute Gasteiger partial charge is 0.248 e. The second-order valence-corrected chi connectivity index (χ2v) is 5.96. The van der Waals surface area contributed by atoms with Crippen LogP contribution in [0.4, 0.5) is 11.6 Å². The van der Waals surface area contributed by atoms with Crippen molar-refractivity contribution >= 4 is 17.5 Å². The van der Waals surface area contributed by atoms with Crippen LogP contribution in [0.15, 0.2) is 36.8 Å². The molecule has 2 aromatic rings. The maximum Gasteiger partial charge on any atom is 0.248 e. The van der Waals surface area contributed by atoms with Gasteiger partial charge in [0.1, 0.15) is 17.5 Å². The highest BCUT2D eigenvalue weighted by molar-refractivity contribution is 5.92. The topological polar surface area (TPSA) is 83.9 Å². The minimum atomic E-state index is 0.0150. The lowest BCUT2D eigenvalue weighted by atomic mass is 10.0. The van der Waals surface area contributed by atoms with Gasteiger partial charge in [0.2, 0.25) is 5.91 Å². The summed E-state index contributed by atoms with van der Waals surface area (Å²) in [5.74, 6) is 2.22. The van der Waals surface area contributed by atoms with Crippen molar-refractivity contribution in [1.29, 1.82) is 0 Å². The fraction of sp³-hybridized carbons (Fsp3) is 0.353. The molecule has 1 amide bonds. The van der Waals surface area contributed by atoms with Crippen LogP contribution in [0.25, 0.3) is 0 Å². The van der Waals surface area contributed by atoms with Crippen molar-refractivity contribution in [3.63, 3.8) is 0 Å². The number of carbonyl (C=O) groups excluding carboxylic acids is 1. The van der Waals surface area contributed by atoms with E-state index in [2.05, 4.69) is 31.8 Å². The van der Waals surface area contributed by atoms with E-state index in [9.17, 15) is 4.79 Å². The Hall–Kier alpha value is -2.83. The van der Waals surface area contributed by atoms with E-state index in [4.69, 9.17) is 0 Å². The molecule has 1 atom stereocenters. The van der Waals surface area contributed by atoms with Gasteiger partial charge < -0.3 is 10.2 Å². The van der Waals surface area contributed by atoms with Crippen LogP contribution < -0.4 is 5.32 Å². The van der Waals surface area contributed by atoms with Gasteiger partial charge in [-0.2, -0.15) is 0 Å². The van der Waals surface area contributed by atoms with Crippen LogP contribution in [0.3, 0.4) is 0 Å². The van der Waals surface area contributed by atoms with Crippen LogP contribution in [-0.4, -0.2) is 43.8 Å². The highest BCUT2D eigenvalue weighted by atomic mass is 16.2. The SMILES string of the molecule is C=C(C)C(=O)N1CCC(c2cc(Nc3cnccn3)nc(C)n2)C1. The van der Waals surface area contributed by atoms with Crippen LogP contribution >= 0.6 is 0 Å². The molecule has 24 heavy (non-hydrogen) atoms. The van der Waals surface area contributed by atoms with Gasteiger partial charge in [-0.15, -0.1) is 0 Å². The summed E-state index contributed by atoms with van der Waals surface area (Å²) < 4.78 is 0. The number of aryl methyl sites for hydroxylation is 1. The molecule has 7 heteroatoms. The number of anilines is 2. The normalized spacial score (nSPS) is 16.9. The number of carbonyl (C=O) groups is 1.